The lowest BCUT2D eigenvalue weighted by atomic mass is 9.93. The van der Waals surface area contributed by atoms with E-state index in [9.17, 15) is 9.59 Å². The number of ether oxygens (including phenoxy) is 1. The normalized spacial score (nSPS) is 15.1. The number of nitrogens with zero attached hydrogens (tertiary/aromatic N) is 1. The van der Waals surface area contributed by atoms with Crippen LogP contribution in [0, 0.1) is 13.8 Å². The fraction of sp³-hybridized carbons (Fsp3) is 0.286. The van der Waals surface area contributed by atoms with Crippen molar-refractivity contribution < 1.29 is 19.4 Å². The lowest BCUT2D eigenvalue weighted by Gasteiger charge is -2.35. The molecule has 0 aliphatic carbocycles. The highest BCUT2D eigenvalue weighted by atomic mass is 16.5. The molecule has 1 amide bonds. The summed E-state index contributed by atoms with van der Waals surface area (Å²) in [6.07, 6.45) is 1.44. The lowest BCUT2D eigenvalue weighted by molar-refractivity contribution is -0.136. The minimum Gasteiger partial charge on any atom is -0.481 e. The Morgan fingerprint density at radius 2 is 1.79 bits per heavy atom. The van der Waals surface area contributed by atoms with Crippen LogP contribution in [0.25, 0.3) is 0 Å². The Kier molecular flexibility index (Phi) is 6.50. The Morgan fingerprint density at radius 1 is 1.03 bits per heavy atom. The molecule has 0 fully saturated rings. The number of carboxylic acids is 1. The van der Waals surface area contributed by atoms with Crippen LogP contribution in [0.15, 0.2) is 60.7 Å². The first kappa shape index (κ1) is 22.6. The molecule has 0 radical (unpaired) electrons. The molecule has 0 saturated heterocycles. The van der Waals surface area contributed by atoms with Crippen molar-refractivity contribution in [2.75, 3.05) is 0 Å². The van der Waals surface area contributed by atoms with Crippen LogP contribution in [0.4, 0.5) is 0 Å². The molecule has 3 aromatic carbocycles. The van der Waals surface area contributed by atoms with Crippen LogP contribution in [-0.4, -0.2) is 27.9 Å². The van der Waals surface area contributed by atoms with Crippen molar-refractivity contribution in [3.8, 4) is 11.5 Å². The van der Waals surface area contributed by atoms with Crippen LogP contribution in [0.3, 0.4) is 0 Å². The monoisotopic (exact) mass is 443 g/mol. The molecule has 0 saturated carbocycles. The van der Waals surface area contributed by atoms with Crippen LogP contribution >= 0.6 is 0 Å². The van der Waals surface area contributed by atoms with E-state index in [0.29, 0.717) is 30.0 Å². The number of aliphatic carboxylic acids is 1. The summed E-state index contributed by atoms with van der Waals surface area (Å²) < 4.78 is 6.14. The first-order valence-corrected chi connectivity index (χ1v) is 11.3. The number of hydrogen-bond donors (Lipinski definition) is 1. The number of benzene rings is 3. The van der Waals surface area contributed by atoms with Crippen molar-refractivity contribution in [3.63, 3.8) is 0 Å². The molecule has 1 aliphatic heterocycles. The zero-order chi connectivity index (χ0) is 23.5. The van der Waals surface area contributed by atoms with Crippen molar-refractivity contribution in [1.29, 1.82) is 0 Å². The van der Waals surface area contributed by atoms with Gasteiger partial charge in [-0.1, -0.05) is 36.4 Å². The van der Waals surface area contributed by atoms with E-state index in [2.05, 4.69) is 25.1 Å². The summed E-state index contributed by atoms with van der Waals surface area (Å²) in [6.45, 7) is 6.57. The van der Waals surface area contributed by atoms with Crippen LogP contribution in [0.1, 0.15) is 51.5 Å². The quantitative estimate of drug-likeness (QED) is 0.531. The summed E-state index contributed by atoms with van der Waals surface area (Å²) in [6, 6.07) is 19.7. The Hall–Kier alpha value is -3.60. The zero-order valence-electron chi connectivity index (χ0n) is 19.3. The molecular weight excluding hydrogens is 414 g/mol. The Balaban J connectivity index is 1.54. The summed E-state index contributed by atoms with van der Waals surface area (Å²) >= 11 is 0. The summed E-state index contributed by atoms with van der Waals surface area (Å²) in [7, 11) is 0. The van der Waals surface area contributed by atoms with Gasteiger partial charge in [-0.05, 0) is 80.1 Å². The lowest BCUT2D eigenvalue weighted by Crippen LogP contribution is -2.42. The number of hydrogen-bond acceptors (Lipinski definition) is 3. The third-order valence-corrected chi connectivity index (χ3v) is 6.43. The Bertz CT molecular complexity index is 1200. The van der Waals surface area contributed by atoms with E-state index < -0.39 is 5.97 Å². The second-order valence-corrected chi connectivity index (χ2v) is 8.77. The summed E-state index contributed by atoms with van der Waals surface area (Å²) in [4.78, 5) is 26.3. The van der Waals surface area contributed by atoms with Gasteiger partial charge in [0.05, 0.1) is 0 Å². The van der Waals surface area contributed by atoms with E-state index >= 15 is 0 Å². The zero-order valence-corrected chi connectivity index (χ0v) is 19.3. The molecule has 5 heteroatoms. The van der Waals surface area contributed by atoms with Gasteiger partial charge in [-0.15, -0.1) is 0 Å². The molecule has 4 rings (SSSR count). The van der Waals surface area contributed by atoms with Crippen LogP contribution in [-0.2, 0) is 24.2 Å². The second kappa shape index (κ2) is 9.49. The van der Waals surface area contributed by atoms with E-state index in [1.807, 2.05) is 61.2 Å². The SMILES string of the molecule is Cc1cc(Oc2cccc(C(=O)N3Cc4ccccc4CC3C)c2C)ccc1CCC(=O)O. The molecule has 170 valence electrons. The number of carboxylic acid groups (broad SMARTS) is 1. The van der Waals surface area contributed by atoms with Crippen molar-refractivity contribution in [2.24, 2.45) is 0 Å². The van der Waals surface area contributed by atoms with Crippen molar-refractivity contribution in [3.05, 3.63) is 94.0 Å². The molecule has 1 unspecified atom stereocenters. The highest BCUT2D eigenvalue weighted by Crippen LogP contribution is 2.31. The first-order valence-electron chi connectivity index (χ1n) is 11.3. The number of aryl methyl sites for hydroxylation is 2. The fourth-order valence-corrected chi connectivity index (χ4v) is 4.44. The van der Waals surface area contributed by atoms with Gasteiger partial charge in [-0.2, -0.15) is 0 Å². The minimum absolute atomic E-state index is 0.0140. The van der Waals surface area contributed by atoms with Gasteiger partial charge in [-0.25, -0.2) is 0 Å². The average molecular weight is 444 g/mol. The van der Waals surface area contributed by atoms with Crippen molar-refractivity contribution >= 4 is 11.9 Å². The average Bonchev–Trinajstić information content (AvgIpc) is 2.79. The molecule has 33 heavy (non-hydrogen) atoms. The number of rotatable bonds is 6. The van der Waals surface area contributed by atoms with Gasteiger partial charge in [0.2, 0.25) is 0 Å². The van der Waals surface area contributed by atoms with Crippen molar-refractivity contribution in [2.45, 2.75) is 52.6 Å². The molecular formula is C28H29NO4. The highest BCUT2D eigenvalue weighted by molar-refractivity contribution is 5.96. The topological polar surface area (TPSA) is 66.8 Å². The predicted molar refractivity (Wildman–Crippen MR) is 128 cm³/mol. The smallest absolute Gasteiger partial charge is 0.303 e. The van der Waals surface area contributed by atoms with Gasteiger partial charge in [0, 0.05) is 30.1 Å². The van der Waals surface area contributed by atoms with Crippen LogP contribution in [0.5, 0.6) is 11.5 Å². The fourth-order valence-electron chi connectivity index (χ4n) is 4.44. The second-order valence-electron chi connectivity index (χ2n) is 8.77. The summed E-state index contributed by atoms with van der Waals surface area (Å²) in [5.41, 5.74) is 5.94. The van der Waals surface area contributed by atoms with Gasteiger partial charge in [0.15, 0.2) is 0 Å². The molecule has 1 N–H and O–H groups in total. The van der Waals surface area contributed by atoms with E-state index in [4.69, 9.17) is 9.84 Å². The maximum absolute atomic E-state index is 13.5. The minimum atomic E-state index is -0.807. The predicted octanol–water partition coefficient (Wildman–Crippen LogP) is 5.70. The van der Waals surface area contributed by atoms with Gasteiger partial charge in [0.1, 0.15) is 11.5 Å². The maximum atomic E-state index is 13.5. The largest absolute Gasteiger partial charge is 0.481 e. The molecule has 0 aromatic heterocycles. The molecule has 0 bridgehead atoms. The number of amides is 1. The van der Waals surface area contributed by atoms with Crippen LogP contribution in [0.2, 0.25) is 0 Å². The Labute approximate surface area is 194 Å². The molecule has 3 aromatic rings. The van der Waals surface area contributed by atoms with Gasteiger partial charge in [-0.3, -0.25) is 9.59 Å². The Morgan fingerprint density at radius 3 is 2.52 bits per heavy atom. The molecule has 1 atom stereocenters. The highest BCUT2D eigenvalue weighted by Gasteiger charge is 2.28. The first-order chi connectivity index (χ1) is 15.8. The number of carbonyl (C=O) groups excluding carboxylic acids is 1. The summed E-state index contributed by atoms with van der Waals surface area (Å²) in [5, 5.41) is 8.92. The van der Waals surface area contributed by atoms with Gasteiger partial charge >= 0.3 is 5.97 Å². The van der Waals surface area contributed by atoms with Crippen LogP contribution < -0.4 is 4.74 Å². The third-order valence-electron chi connectivity index (χ3n) is 6.43. The maximum Gasteiger partial charge on any atom is 0.303 e. The third kappa shape index (κ3) is 4.92. The molecule has 1 heterocycles. The van der Waals surface area contributed by atoms with Crippen molar-refractivity contribution in [1.82, 2.24) is 4.90 Å². The van der Waals surface area contributed by atoms with E-state index in [-0.39, 0.29) is 18.4 Å². The summed E-state index contributed by atoms with van der Waals surface area (Å²) in [5.74, 6) is 0.515. The number of carbonyl (C=O) groups is 2. The van der Waals surface area contributed by atoms with E-state index in [0.717, 1.165) is 23.1 Å². The molecule has 5 nitrogen and oxygen atoms in total. The van der Waals surface area contributed by atoms with Gasteiger partial charge < -0.3 is 14.7 Å². The van der Waals surface area contributed by atoms with E-state index in [1.165, 1.54) is 11.1 Å². The molecule has 1 aliphatic rings. The molecule has 0 spiro atoms. The van der Waals surface area contributed by atoms with E-state index in [1.54, 1.807) is 0 Å². The number of fused-ring (bicyclic) bond motifs is 1. The van der Waals surface area contributed by atoms with Gasteiger partial charge in [0.25, 0.3) is 5.91 Å². The standard InChI is InChI=1S/C28H29NO4/c1-18-15-24(13-11-21(18)12-14-27(30)31)33-26-10-6-9-25(20(26)3)28(32)29-17-23-8-5-4-7-22(23)16-19(29)2/h4-11,13,15,19H,12,14,16-17H2,1-3H3,(H,30,31).